The lowest BCUT2D eigenvalue weighted by Gasteiger charge is -2.36. The fourth-order valence-electron chi connectivity index (χ4n) is 4.28. The number of aromatic amines is 1. The molecule has 0 saturated heterocycles. The number of benzene rings is 3. The number of carbonyl (C=O) groups excluding carboxylic acids is 1. The maximum atomic E-state index is 13.3. The van der Waals surface area contributed by atoms with Gasteiger partial charge in [-0.1, -0.05) is 64.0 Å². The van der Waals surface area contributed by atoms with Gasteiger partial charge in [0.05, 0.1) is 6.04 Å². The van der Waals surface area contributed by atoms with Crippen molar-refractivity contribution in [3.63, 3.8) is 0 Å². The highest BCUT2D eigenvalue weighted by Crippen LogP contribution is 2.38. The predicted molar refractivity (Wildman–Crippen MR) is 125 cm³/mol. The summed E-state index contributed by atoms with van der Waals surface area (Å²) in [6.45, 7) is 2.74. The lowest BCUT2D eigenvalue weighted by atomic mass is 9.92. The number of H-pyrrole nitrogens is 1. The first-order valence-electron chi connectivity index (χ1n) is 10.1. The summed E-state index contributed by atoms with van der Waals surface area (Å²) in [5.41, 5.74) is 6.64. The van der Waals surface area contributed by atoms with Crippen LogP contribution in [0.25, 0.3) is 10.9 Å². The minimum absolute atomic E-state index is 0.0906. The van der Waals surface area contributed by atoms with Gasteiger partial charge in [0.1, 0.15) is 0 Å². The molecule has 0 bridgehead atoms. The van der Waals surface area contributed by atoms with Crippen LogP contribution in [0.3, 0.4) is 0 Å². The van der Waals surface area contributed by atoms with Gasteiger partial charge >= 0.3 is 6.03 Å². The number of amides is 2. The number of halogens is 1. The van der Waals surface area contributed by atoms with Gasteiger partial charge in [-0.25, -0.2) is 4.79 Å². The van der Waals surface area contributed by atoms with Gasteiger partial charge in [0.15, 0.2) is 0 Å². The highest BCUT2D eigenvalue weighted by Gasteiger charge is 2.34. The number of para-hydroxylation sites is 1. The van der Waals surface area contributed by atoms with E-state index in [-0.39, 0.29) is 12.1 Å². The number of nitrogens with zero attached hydrogens (tertiary/aromatic N) is 1. The van der Waals surface area contributed by atoms with Crippen LogP contribution in [0.15, 0.2) is 77.3 Å². The van der Waals surface area contributed by atoms with Gasteiger partial charge in [0.2, 0.25) is 0 Å². The van der Waals surface area contributed by atoms with Crippen LogP contribution in [0.1, 0.15) is 28.4 Å². The second kappa shape index (κ2) is 7.65. The Labute approximate surface area is 184 Å². The molecule has 5 rings (SSSR count). The van der Waals surface area contributed by atoms with Crippen LogP contribution in [0.2, 0.25) is 0 Å². The summed E-state index contributed by atoms with van der Waals surface area (Å²) in [5.74, 6) is 0. The van der Waals surface area contributed by atoms with E-state index < -0.39 is 0 Å². The third kappa shape index (κ3) is 3.39. The van der Waals surface area contributed by atoms with E-state index in [0.29, 0.717) is 6.54 Å². The van der Waals surface area contributed by atoms with Crippen LogP contribution in [-0.4, -0.2) is 22.5 Å². The molecule has 1 atom stereocenters. The second-order valence-corrected chi connectivity index (χ2v) is 8.67. The monoisotopic (exact) mass is 459 g/mol. The van der Waals surface area contributed by atoms with Crippen molar-refractivity contribution < 1.29 is 4.79 Å². The van der Waals surface area contributed by atoms with E-state index in [1.807, 2.05) is 35.2 Å². The van der Waals surface area contributed by atoms with Gasteiger partial charge in [-0.2, -0.15) is 0 Å². The van der Waals surface area contributed by atoms with E-state index in [2.05, 4.69) is 75.6 Å². The van der Waals surface area contributed by atoms with E-state index in [4.69, 9.17) is 0 Å². The SMILES string of the molecule is Cc1ccc(C2c3[nH]c4ccccc4c3CCN2C(=O)Nc2ccc(Br)cc2)cc1. The van der Waals surface area contributed by atoms with Crippen molar-refractivity contribution in [1.29, 1.82) is 0 Å². The third-order valence-electron chi connectivity index (χ3n) is 5.78. The van der Waals surface area contributed by atoms with E-state index in [9.17, 15) is 4.79 Å². The molecule has 2 amide bonds. The minimum Gasteiger partial charge on any atom is -0.356 e. The number of fused-ring (bicyclic) bond motifs is 3. The molecule has 4 aromatic rings. The molecule has 2 N–H and O–H groups in total. The quantitative estimate of drug-likeness (QED) is 0.356. The fourth-order valence-corrected chi connectivity index (χ4v) is 4.55. The molecule has 5 heteroatoms. The topological polar surface area (TPSA) is 48.1 Å². The molecule has 1 unspecified atom stereocenters. The van der Waals surface area contributed by atoms with E-state index in [1.165, 1.54) is 16.5 Å². The molecule has 1 aliphatic heterocycles. The molecule has 2 heterocycles. The lowest BCUT2D eigenvalue weighted by molar-refractivity contribution is 0.193. The first kappa shape index (κ1) is 18.9. The molecule has 30 heavy (non-hydrogen) atoms. The van der Waals surface area contributed by atoms with Crippen LogP contribution >= 0.6 is 15.9 Å². The highest BCUT2D eigenvalue weighted by molar-refractivity contribution is 9.10. The van der Waals surface area contributed by atoms with Crippen molar-refractivity contribution in [3.05, 3.63) is 99.7 Å². The standard InChI is InChI=1S/C25H22BrN3O/c1-16-6-8-17(9-7-16)24-23-21(20-4-2-3-5-22(20)28-23)14-15-29(24)25(30)27-19-12-10-18(26)11-13-19/h2-13,24,28H,14-15H2,1H3,(H,27,30). The van der Waals surface area contributed by atoms with E-state index in [0.717, 1.165) is 33.4 Å². The highest BCUT2D eigenvalue weighted by atomic mass is 79.9. The first-order chi connectivity index (χ1) is 14.6. The molecule has 1 aromatic heterocycles. The molecule has 0 spiro atoms. The zero-order chi connectivity index (χ0) is 20.7. The predicted octanol–water partition coefficient (Wildman–Crippen LogP) is 6.42. The first-order valence-corrected chi connectivity index (χ1v) is 10.9. The average molecular weight is 460 g/mol. The Morgan fingerprint density at radius 1 is 1.03 bits per heavy atom. The zero-order valence-electron chi connectivity index (χ0n) is 16.7. The molecule has 0 aliphatic carbocycles. The largest absolute Gasteiger partial charge is 0.356 e. The van der Waals surface area contributed by atoms with Crippen molar-refractivity contribution in [2.45, 2.75) is 19.4 Å². The Kier molecular flexibility index (Phi) is 4.83. The number of rotatable bonds is 2. The Bertz CT molecular complexity index is 1210. The summed E-state index contributed by atoms with van der Waals surface area (Å²) < 4.78 is 0.985. The van der Waals surface area contributed by atoms with Gasteiger partial charge in [-0.15, -0.1) is 0 Å². The van der Waals surface area contributed by atoms with Gasteiger partial charge in [0.25, 0.3) is 0 Å². The molecular weight excluding hydrogens is 438 g/mol. The molecule has 1 aliphatic rings. The Balaban J connectivity index is 1.56. The summed E-state index contributed by atoms with van der Waals surface area (Å²) in [5, 5.41) is 4.31. The Morgan fingerprint density at radius 2 is 1.77 bits per heavy atom. The number of hydrogen-bond acceptors (Lipinski definition) is 1. The number of urea groups is 1. The number of nitrogens with one attached hydrogen (secondary N) is 2. The van der Waals surface area contributed by atoms with Gasteiger partial charge in [-0.3, -0.25) is 0 Å². The van der Waals surface area contributed by atoms with Crippen LogP contribution < -0.4 is 5.32 Å². The molecule has 3 aromatic carbocycles. The van der Waals surface area contributed by atoms with Gasteiger partial charge in [-0.05, 0) is 54.8 Å². The molecule has 4 nitrogen and oxygen atoms in total. The van der Waals surface area contributed by atoms with Crippen molar-refractivity contribution in [1.82, 2.24) is 9.88 Å². The zero-order valence-corrected chi connectivity index (χ0v) is 18.2. The number of aryl methyl sites for hydroxylation is 1. The van der Waals surface area contributed by atoms with E-state index >= 15 is 0 Å². The van der Waals surface area contributed by atoms with Crippen molar-refractivity contribution >= 4 is 38.6 Å². The number of anilines is 1. The summed E-state index contributed by atoms with van der Waals surface area (Å²) in [4.78, 5) is 18.9. The van der Waals surface area contributed by atoms with Crippen LogP contribution in [0.5, 0.6) is 0 Å². The van der Waals surface area contributed by atoms with E-state index in [1.54, 1.807) is 0 Å². The van der Waals surface area contributed by atoms with Crippen LogP contribution in [0, 0.1) is 6.92 Å². The van der Waals surface area contributed by atoms with Crippen molar-refractivity contribution in [2.75, 3.05) is 11.9 Å². The molecular formula is C25H22BrN3O. The van der Waals surface area contributed by atoms with Gasteiger partial charge in [0, 0.05) is 33.3 Å². The van der Waals surface area contributed by atoms with Crippen molar-refractivity contribution in [2.24, 2.45) is 0 Å². The summed E-state index contributed by atoms with van der Waals surface area (Å²) in [7, 11) is 0. The van der Waals surface area contributed by atoms with Crippen LogP contribution in [-0.2, 0) is 6.42 Å². The number of aromatic nitrogens is 1. The smallest absolute Gasteiger partial charge is 0.322 e. The summed E-state index contributed by atoms with van der Waals surface area (Å²) >= 11 is 3.44. The van der Waals surface area contributed by atoms with Gasteiger partial charge < -0.3 is 15.2 Å². The minimum atomic E-state index is -0.155. The lowest BCUT2D eigenvalue weighted by Crippen LogP contribution is -2.43. The maximum Gasteiger partial charge on any atom is 0.322 e. The fraction of sp³-hybridized carbons (Fsp3) is 0.160. The molecule has 0 saturated carbocycles. The Morgan fingerprint density at radius 3 is 2.53 bits per heavy atom. The second-order valence-electron chi connectivity index (χ2n) is 7.76. The molecule has 0 fully saturated rings. The average Bonchev–Trinajstić information content (AvgIpc) is 3.14. The Hall–Kier alpha value is -3.05. The molecule has 150 valence electrons. The van der Waals surface area contributed by atoms with Crippen molar-refractivity contribution in [3.8, 4) is 0 Å². The maximum absolute atomic E-state index is 13.3. The number of carbonyl (C=O) groups is 1. The third-order valence-corrected chi connectivity index (χ3v) is 6.31. The normalized spacial score (nSPS) is 15.8. The van der Waals surface area contributed by atoms with Crippen LogP contribution in [0.4, 0.5) is 10.5 Å². The summed E-state index contributed by atoms with van der Waals surface area (Å²) in [6, 6.07) is 24.3. The summed E-state index contributed by atoms with van der Waals surface area (Å²) in [6.07, 6.45) is 0.829. The number of hydrogen-bond donors (Lipinski definition) is 2. The molecule has 0 radical (unpaired) electrons.